The van der Waals surface area contributed by atoms with Crippen LogP contribution in [0.3, 0.4) is 0 Å². The molecule has 1 amide bonds. The number of nitro groups is 1. The van der Waals surface area contributed by atoms with Crippen LogP contribution in [0.1, 0.15) is 13.8 Å². The molecular weight excluding hydrogens is 332 g/mol. The molecule has 0 aliphatic carbocycles. The summed E-state index contributed by atoms with van der Waals surface area (Å²) in [5.41, 5.74) is -0.139. The van der Waals surface area contributed by atoms with Gasteiger partial charge in [0.1, 0.15) is 5.69 Å². The highest BCUT2D eigenvalue weighted by atomic mass is 79.9. The Bertz CT molecular complexity index is 561. The predicted molar refractivity (Wildman–Crippen MR) is 75.4 cm³/mol. The zero-order valence-corrected chi connectivity index (χ0v) is 12.5. The number of halogens is 1. The van der Waals surface area contributed by atoms with Gasteiger partial charge in [-0.25, -0.2) is 0 Å². The number of amides is 1. The van der Waals surface area contributed by atoms with Crippen LogP contribution in [0.4, 0.5) is 11.4 Å². The largest absolute Gasteiger partial charge is 0.454 e. The first-order valence-electron chi connectivity index (χ1n) is 5.93. The number of rotatable bonds is 4. The molecule has 0 bridgehead atoms. The third-order valence-electron chi connectivity index (χ3n) is 2.78. The molecule has 0 spiro atoms. The first-order chi connectivity index (χ1) is 9.40. The number of fused-ring (bicyclic) bond motifs is 1. The average Bonchev–Trinajstić information content (AvgIpc) is 2.83. The van der Waals surface area contributed by atoms with Gasteiger partial charge in [-0.15, -0.1) is 0 Å². The molecule has 0 aromatic heterocycles. The summed E-state index contributed by atoms with van der Waals surface area (Å²) in [6.07, 6.45) is 0. The number of nitrogens with zero attached hydrogens (tertiary/aromatic N) is 1. The molecule has 0 saturated carbocycles. The van der Waals surface area contributed by atoms with Crippen molar-refractivity contribution in [3.05, 3.63) is 22.2 Å². The summed E-state index contributed by atoms with van der Waals surface area (Å²) < 4.78 is 10.2. The second-order valence-corrected chi connectivity index (χ2v) is 5.60. The Balaban J connectivity index is 2.31. The highest BCUT2D eigenvalue weighted by molar-refractivity contribution is 9.10. The van der Waals surface area contributed by atoms with E-state index in [1.165, 1.54) is 12.1 Å². The van der Waals surface area contributed by atoms with E-state index in [1.807, 2.05) is 13.8 Å². The Morgan fingerprint density at radius 2 is 2.00 bits per heavy atom. The van der Waals surface area contributed by atoms with Crippen molar-refractivity contribution in [1.82, 2.24) is 0 Å². The molecular formula is C12H13BrN2O5. The van der Waals surface area contributed by atoms with Gasteiger partial charge < -0.3 is 14.8 Å². The zero-order valence-electron chi connectivity index (χ0n) is 10.9. The molecule has 0 fully saturated rings. The molecule has 1 aliphatic rings. The quantitative estimate of drug-likeness (QED) is 0.515. The number of carbonyl (C=O) groups excluding carboxylic acids is 1. The Hall–Kier alpha value is -1.83. The molecule has 1 N–H and O–H groups in total. The summed E-state index contributed by atoms with van der Waals surface area (Å²) in [6, 6.07) is 2.65. The third kappa shape index (κ3) is 2.84. The van der Waals surface area contributed by atoms with E-state index in [1.54, 1.807) is 0 Å². The molecule has 8 heteroatoms. The lowest BCUT2D eigenvalue weighted by molar-refractivity contribution is -0.384. The van der Waals surface area contributed by atoms with Crippen molar-refractivity contribution in [3.63, 3.8) is 0 Å². The van der Waals surface area contributed by atoms with Crippen LogP contribution in [0.5, 0.6) is 11.5 Å². The van der Waals surface area contributed by atoms with Crippen LogP contribution >= 0.6 is 15.9 Å². The van der Waals surface area contributed by atoms with Gasteiger partial charge in [-0.05, 0) is 5.92 Å². The average molecular weight is 345 g/mol. The lowest BCUT2D eigenvalue weighted by Gasteiger charge is -2.14. The minimum Gasteiger partial charge on any atom is -0.454 e. The summed E-state index contributed by atoms with van der Waals surface area (Å²) in [5, 5.41) is 13.6. The maximum atomic E-state index is 12.0. The number of nitro benzene ring substituents is 1. The predicted octanol–water partition coefficient (Wildman–Crippen LogP) is 2.68. The number of ether oxygens (including phenoxy) is 2. The Morgan fingerprint density at radius 1 is 1.40 bits per heavy atom. The minimum absolute atomic E-state index is 0.0109. The Morgan fingerprint density at radius 3 is 2.55 bits per heavy atom. The molecule has 0 saturated heterocycles. The number of hydrogen-bond donors (Lipinski definition) is 1. The van der Waals surface area contributed by atoms with Gasteiger partial charge in [-0.3, -0.25) is 14.9 Å². The first-order valence-corrected chi connectivity index (χ1v) is 6.84. The second kappa shape index (κ2) is 5.66. The molecule has 1 atom stereocenters. The van der Waals surface area contributed by atoms with Crippen molar-refractivity contribution < 1.29 is 19.2 Å². The molecule has 1 aliphatic heterocycles. The van der Waals surface area contributed by atoms with Crippen LogP contribution in [0.2, 0.25) is 0 Å². The van der Waals surface area contributed by atoms with Crippen molar-refractivity contribution in [2.45, 2.75) is 18.7 Å². The van der Waals surface area contributed by atoms with Gasteiger partial charge in [0.2, 0.25) is 12.7 Å². The van der Waals surface area contributed by atoms with Gasteiger partial charge in [0.15, 0.2) is 11.5 Å². The van der Waals surface area contributed by atoms with E-state index in [0.29, 0.717) is 11.5 Å². The fraction of sp³-hybridized carbons (Fsp3) is 0.417. The fourth-order valence-electron chi connectivity index (χ4n) is 1.69. The van der Waals surface area contributed by atoms with Crippen LogP contribution in [-0.2, 0) is 4.79 Å². The van der Waals surface area contributed by atoms with Crippen molar-refractivity contribution in [3.8, 4) is 11.5 Å². The van der Waals surface area contributed by atoms with E-state index in [9.17, 15) is 14.9 Å². The van der Waals surface area contributed by atoms with Crippen molar-refractivity contribution in [2.24, 2.45) is 5.92 Å². The highest BCUT2D eigenvalue weighted by Gasteiger charge is 2.26. The molecule has 1 unspecified atom stereocenters. The van der Waals surface area contributed by atoms with Crippen molar-refractivity contribution >= 4 is 33.2 Å². The molecule has 0 radical (unpaired) electrons. The van der Waals surface area contributed by atoms with E-state index in [2.05, 4.69) is 21.2 Å². The first kappa shape index (κ1) is 14.6. The fourth-order valence-corrected chi connectivity index (χ4v) is 1.80. The maximum absolute atomic E-state index is 12.0. The summed E-state index contributed by atoms with van der Waals surface area (Å²) >= 11 is 3.25. The molecule has 1 heterocycles. The number of anilines is 1. The number of benzene rings is 1. The van der Waals surface area contributed by atoms with Crippen LogP contribution < -0.4 is 14.8 Å². The van der Waals surface area contributed by atoms with Crippen LogP contribution in [0.15, 0.2) is 12.1 Å². The van der Waals surface area contributed by atoms with Crippen LogP contribution in [-0.4, -0.2) is 22.5 Å². The molecule has 108 valence electrons. The van der Waals surface area contributed by atoms with Crippen LogP contribution in [0.25, 0.3) is 0 Å². The van der Waals surface area contributed by atoms with E-state index < -0.39 is 9.75 Å². The topological polar surface area (TPSA) is 90.7 Å². The molecule has 2 rings (SSSR count). The van der Waals surface area contributed by atoms with E-state index in [4.69, 9.17) is 9.47 Å². The normalized spacial score (nSPS) is 14.2. The SMILES string of the molecule is CC(C)C(Br)C(=O)Nc1cc2c(cc1[N+](=O)[O-])OCO2. The minimum atomic E-state index is -0.573. The Kier molecular flexibility index (Phi) is 4.12. The number of alkyl halides is 1. The molecule has 7 nitrogen and oxygen atoms in total. The lowest BCUT2D eigenvalue weighted by atomic mass is 10.1. The molecule has 20 heavy (non-hydrogen) atoms. The standard InChI is InChI=1S/C12H13BrN2O5/c1-6(2)11(13)12(16)14-7-3-9-10(20-5-19-9)4-8(7)15(17)18/h3-4,6,11H,5H2,1-2H3,(H,14,16). The van der Waals surface area contributed by atoms with Crippen molar-refractivity contribution in [2.75, 3.05) is 12.1 Å². The molecule has 1 aromatic carbocycles. The summed E-state index contributed by atoms with van der Waals surface area (Å²) in [7, 11) is 0. The van der Waals surface area contributed by atoms with Gasteiger partial charge in [0.25, 0.3) is 5.69 Å². The van der Waals surface area contributed by atoms with Gasteiger partial charge in [0.05, 0.1) is 15.8 Å². The van der Waals surface area contributed by atoms with Gasteiger partial charge >= 0.3 is 0 Å². The monoisotopic (exact) mass is 344 g/mol. The number of hydrogen-bond acceptors (Lipinski definition) is 5. The van der Waals surface area contributed by atoms with E-state index >= 15 is 0 Å². The van der Waals surface area contributed by atoms with Gasteiger partial charge in [-0.1, -0.05) is 29.8 Å². The Labute approximate surface area is 123 Å². The van der Waals surface area contributed by atoms with E-state index in [0.717, 1.165) is 0 Å². The summed E-state index contributed by atoms with van der Waals surface area (Å²) in [4.78, 5) is 22.0. The van der Waals surface area contributed by atoms with Gasteiger partial charge in [-0.2, -0.15) is 0 Å². The molecule has 1 aromatic rings. The summed E-state index contributed by atoms with van der Waals surface area (Å²) in [5.74, 6) is 0.389. The van der Waals surface area contributed by atoms with Crippen LogP contribution in [0, 0.1) is 16.0 Å². The van der Waals surface area contributed by atoms with E-state index in [-0.39, 0.29) is 30.0 Å². The smallest absolute Gasteiger partial charge is 0.296 e. The maximum Gasteiger partial charge on any atom is 0.296 e. The summed E-state index contributed by atoms with van der Waals surface area (Å²) in [6.45, 7) is 3.75. The zero-order chi connectivity index (χ0) is 14.9. The third-order valence-corrected chi connectivity index (χ3v) is 4.25. The number of nitrogens with one attached hydrogen (secondary N) is 1. The van der Waals surface area contributed by atoms with Gasteiger partial charge in [0, 0.05) is 6.07 Å². The lowest BCUT2D eigenvalue weighted by Crippen LogP contribution is -2.27. The highest BCUT2D eigenvalue weighted by Crippen LogP contribution is 2.40. The number of carbonyl (C=O) groups is 1. The second-order valence-electron chi connectivity index (χ2n) is 4.61. The van der Waals surface area contributed by atoms with Crippen molar-refractivity contribution in [1.29, 1.82) is 0 Å².